The molecule has 1 saturated heterocycles. The molecular weight excluding hydrogens is 459 g/mol. The van der Waals surface area contributed by atoms with E-state index in [0.29, 0.717) is 18.7 Å². The van der Waals surface area contributed by atoms with Gasteiger partial charge in [-0.3, -0.25) is 10.7 Å². The molecular formula is C15H18BrFN6O4S. The minimum absolute atomic E-state index is 0.0753. The van der Waals surface area contributed by atoms with Gasteiger partial charge in [0.1, 0.15) is 5.82 Å². The van der Waals surface area contributed by atoms with Crippen molar-refractivity contribution in [3.8, 4) is 0 Å². The number of hydrogen-bond donors (Lipinski definition) is 3. The Labute approximate surface area is 168 Å². The normalized spacial score (nSPS) is 18.4. The minimum atomic E-state index is -3.30. The molecule has 28 heavy (non-hydrogen) atoms. The lowest BCUT2D eigenvalue weighted by Gasteiger charge is -2.22. The predicted octanol–water partition coefficient (Wildman–Crippen LogP) is 1.86. The third-order valence-electron chi connectivity index (χ3n) is 4.22. The van der Waals surface area contributed by atoms with Crippen molar-refractivity contribution < 1.29 is 22.6 Å². The predicted molar refractivity (Wildman–Crippen MR) is 103 cm³/mol. The molecule has 2 heterocycles. The summed E-state index contributed by atoms with van der Waals surface area (Å²) >= 11 is 3.07. The van der Waals surface area contributed by atoms with E-state index in [4.69, 9.17) is 4.63 Å². The summed E-state index contributed by atoms with van der Waals surface area (Å²) in [7, 11) is -3.30. The number of halogens is 2. The van der Waals surface area contributed by atoms with Crippen LogP contribution in [-0.4, -0.2) is 59.5 Å². The highest BCUT2D eigenvalue weighted by Crippen LogP contribution is 2.24. The first-order chi connectivity index (χ1) is 13.3. The second-order valence-electron chi connectivity index (χ2n) is 6.18. The lowest BCUT2D eigenvalue weighted by molar-refractivity contribution is 0.234. The van der Waals surface area contributed by atoms with Gasteiger partial charge in [0, 0.05) is 19.1 Å². The summed E-state index contributed by atoms with van der Waals surface area (Å²) in [4.78, 5) is 4.17. The van der Waals surface area contributed by atoms with Crippen molar-refractivity contribution in [1.29, 1.82) is 0 Å². The van der Waals surface area contributed by atoms with Crippen LogP contribution in [0.2, 0.25) is 0 Å². The molecule has 2 aromatic rings. The lowest BCUT2D eigenvalue weighted by Crippen LogP contribution is -2.39. The van der Waals surface area contributed by atoms with Crippen molar-refractivity contribution in [2.75, 3.05) is 24.7 Å². The van der Waals surface area contributed by atoms with Gasteiger partial charge in [-0.15, -0.1) is 0 Å². The van der Waals surface area contributed by atoms with Crippen LogP contribution in [0.1, 0.15) is 18.5 Å². The summed E-state index contributed by atoms with van der Waals surface area (Å²) < 4.78 is 43.4. The molecule has 0 spiro atoms. The van der Waals surface area contributed by atoms with Crippen LogP contribution in [-0.2, 0) is 10.0 Å². The average Bonchev–Trinajstić information content (AvgIpc) is 3.29. The Bertz CT molecular complexity index is 983. The second-order valence-corrected chi connectivity index (χ2v) is 8.97. The van der Waals surface area contributed by atoms with Crippen molar-refractivity contribution in [3.63, 3.8) is 0 Å². The van der Waals surface area contributed by atoms with E-state index in [0.717, 1.165) is 6.42 Å². The lowest BCUT2D eigenvalue weighted by atomic mass is 10.2. The Morgan fingerprint density at radius 3 is 2.96 bits per heavy atom. The van der Waals surface area contributed by atoms with Gasteiger partial charge >= 0.3 is 0 Å². The maximum absolute atomic E-state index is 13.4. The standard InChI is InChI=1S/C15H18BrFN6O4S/c1-28(25,26)23-6-2-3-10(23)8-18-14-13(21-27-22-14)15(20-24)19-9-4-5-12(17)11(16)7-9/h4-5,7,10,24H,2-3,6,8H2,1H3,(H,18,22)(H,19,20). The SMILES string of the molecule is CS(=O)(=O)N1CCCC1CNc1nonc1C(=Nc1ccc(F)c(Br)c1)NO. The zero-order valence-corrected chi connectivity index (χ0v) is 17.2. The first-order valence-corrected chi connectivity index (χ1v) is 10.9. The number of sulfonamides is 1. The van der Waals surface area contributed by atoms with Crippen molar-refractivity contribution >= 4 is 43.3 Å². The second kappa shape index (κ2) is 8.51. The molecule has 13 heteroatoms. The van der Waals surface area contributed by atoms with Gasteiger partial charge < -0.3 is 5.32 Å². The fraction of sp³-hybridized carbons (Fsp3) is 0.400. The number of aliphatic imine (C=N–C) groups is 1. The van der Waals surface area contributed by atoms with E-state index < -0.39 is 15.8 Å². The van der Waals surface area contributed by atoms with Gasteiger partial charge in [0.2, 0.25) is 15.8 Å². The average molecular weight is 477 g/mol. The van der Waals surface area contributed by atoms with Crippen LogP contribution in [0.4, 0.5) is 15.9 Å². The van der Waals surface area contributed by atoms with Crippen LogP contribution in [0.5, 0.6) is 0 Å². The smallest absolute Gasteiger partial charge is 0.211 e. The van der Waals surface area contributed by atoms with Gasteiger partial charge in [-0.2, -0.15) is 4.31 Å². The van der Waals surface area contributed by atoms with E-state index in [1.165, 1.54) is 28.8 Å². The molecule has 152 valence electrons. The van der Waals surface area contributed by atoms with Gasteiger partial charge in [0.25, 0.3) is 0 Å². The monoisotopic (exact) mass is 476 g/mol. The van der Waals surface area contributed by atoms with Gasteiger partial charge in [-0.1, -0.05) is 0 Å². The molecule has 0 amide bonds. The molecule has 0 radical (unpaired) electrons. The minimum Gasteiger partial charge on any atom is -0.364 e. The summed E-state index contributed by atoms with van der Waals surface area (Å²) in [5, 5.41) is 19.9. The van der Waals surface area contributed by atoms with E-state index in [1.807, 2.05) is 5.48 Å². The van der Waals surface area contributed by atoms with Crippen LogP contribution in [0.3, 0.4) is 0 Å². The largest absolute Gasteiger partial charge is 0.364 e. The molecule has 10 nitrogen and oxygen atoms in total. The molecule has 0 bridgehead atoms. The van der Waals surface area contributed by atoms with Crippen molar-refractivity contribution in [2.24, 2.45) is 4.99 Å². The van der Waals surface area contributed by atoms with Crippen LogP contribution >= 0.6 is 15.9 Å². The molecule has 3 N–H and O–H groups in total. The van der Waals surface area contributed by atoms with Crippen molar-refractivity contribution in [3.05, 3.63) is 34.2 Å². The van der Waals surface area contributed by atoms with Crippen molar-refractivity contribution in [1.82, 2.24) is 20.1 Å². The number of nitrogens with zero attached hydrogens (tertiary/aromatic N) is 4. The van der Waals surface area contributed by atoms with Crippen LogP contribution in [0.15, 0.2) is 32.3 Å². The van der Waals surface area contributed by atoms with Gasteiger partial charge in [0.15, 0.2) is 11.5 Å². The highest BCUT2D eigenvalue weighted by Gasteiger charge is 2.31. The number of aromatic nitrogens is 2. The first kappa shape index (κ1) is 20.6. The quantitative estimate of drug-likeness (QED) is 0.326. The number of rotatable bonds is 6. The fourth-order valence-electron chi connectivity index (χ4n) is 2.94. The number of hydrogen-bond acceptors (Lipinski definition) is 8. The Morgan fingerprint density at radius 2 is 2.29 bits per heavy atom. The zero-order chi connectivity index (χ0) is 20.3. The highest BCUT2D eigenvalue weighted by molar-refractivity contribution is 9.10. The van der Waals surface area contributed by atoms with Gasteiger partial charge in [0.05, 0.1) is 16.4 Å². The van der Waals surface area contributed by atoms with Crippen molar-refractivity contribution in [2.45, 2.75) is 18.9 Å². The molecule has 3 rings (SSSR count). The number of hydroxylamine groups is 1. The Balaban J connectivity index is 1.78. The summed E-state index contributed by atoms with van der Waals surface area (Å²) in [5.41, 5.74) is 2.36. The first-order valence-electron chi connectivity index (χ1n) is 8.27. The summed E-state index contributed by atoms with van der Waals surface area (Å²) in [6.07, 6.45) is 2.66. The molecule has 1 aliphatic rings. The van der Waals surface area contributed by atoms with Gasteiger partial charge in [-0.05, 0) is 57.3 Å². The maximum atomic E-state index is 13.4. The number of anilines is 1. The number of nitrogens with one attached hydrogen (secondary N) is 2. The molecule has 1 fully saturated rings. The Morgan fingerprint density at radius 1 is 1.50 bits per heavy atom. The molecule has 1 aromatic carbocycles. The number of benzene rings is 1. The van der Waals surface area contributed by atoms with Gasteiger partial charge in [-0.25, -0.2) is 22.4 Å². The fourth-order valence-corrected chi connectivity index (χ4v) is 4.49. The maximum Gasteiger partial charge on any atom is 0.211 e. The van der Waals surface area contributed by atoms with Crippen LogP contribution in [0, 0.1) is 5.82 Å². The van der Waals surface area contributed by atoms with Crippen LogP contribution < -0.4 is 10.8 Å². The summed E-state index contributed by atoms with van der Waals surface area (Å²) in [6, 6.07) is 3.84. The highest BCUT2D eigenvalue weighted by atomic mass is 79.9. The zero-order valence-electron chi connectivity index (χ0n) is 14.8. The third kappa shape index (κ3) is 4.66. The van der Waals surface area contributed by atoms with E-state index in [1.54, 1.807) is 0 Å². The third-order valence-corrected chi connectivity index (χ3v) is 6.16. The molecule has 1 atom stereocenters. The number of amidine groups is 1. The molecule has 1 unspecified atom stereocenters. The molecule has 0 saturated carbocycles. The summed E-state index contributed by atoms with van der Waals surface area (Å²) in [5.74, 6) is -0.342. The molecule has 0 aliphatic carbocycles. The van der Waals surface area contributed by atoms with E-state index in [2.05, 4.69) is 36.6 Å². The van der Waals surface area contributed by atoms with E-state index in [9.17, 15) is 18.0 Å². The molecule has 1 aromatic heterocycles. The van der Waals surface area contributed by atoms with Crippen LogP contribution in [0.25, 0.3) is 0 Å². The molecule has 1 aliphatic heterocycles. The van der Waals surface area contributed by atoms with E-state index >= 15 is 0 Å². The summed E-state index contributed by atoms with van der Waals surface area (Å²) in [6.45, 7) is 0.758. The topological polar surface area (TPSA) is 133 Å². The Kier molecular flexibility index (Phi) is 6.27. The van der Waals surface area contributed by atoms with E-state index in [-0.39, 0.29) is 34.4 Å². The Hall–Kier alpha value is -2.09.